The number of H-pyrrole nitrogens is 1. The molecular weight excluding hydrogens is 266 g/mol. The highest BCUT2D eigenvalue weighted by Crippen LogP contribution is 2.22. The molecule has 0 aliphatic rings. The van der Waals surface area contributed by atoms with Gasteiger partial charge >= 0.3 is 0 Å². The minimum atomic E-state index is -0.885. The topological polar surface area (TPSA) is 61.6 Å². The Hall–Kier alpha value is -1.45. The summed E-state index contributed by atoms with van der Waals surface area (Å²) in [6.45, 7) is 1.98. The maximum absolute atomic E-state index is 11.3. The van der Waals surface area contributed by atoms with Gasteiger partial charge < -0.3 is 9.55 Å². The number of aromatic amines is 1. The lowest BCUT2D eigenvalue weighted by Gasteiger charge is -2.12. The van der Waals surface area contributed by atoms with Gasteiger partial charge in [0.15, 0.2) is 4.77 Å². The minimum Gasteiger partial charge on any atom is -0.329 e. The highest BCUT2D eigenvalue weighted by molar-refractivity contribution is 7.84. The molecule has 2 aromatic rings. The van der Waals surface area contributed by atoms with Crippen LogP contribution in [0.5, 0.6) is 0 Å². The summed E-state index contributed by atoms with van der Waals surface area (Å²) in [6.07, 6.45) is 1.68. The van der Waals surface area contributed by atoms with E-state index in [9.17, 15) is 4.21 Å². The summed E-state index contributed by atoms with van der Waals surface area (Å²) >= 11 is 5.29. The van der Waals surface area contributed by atoms with Gasteiger partial charge in [-0.15, -0.1) is 0 Å². The van der Waals surface area contributed by atoms with E-state index < -0.39 is 10.8 Å². The van der Waals surface area contributed by atoms with E-state index in [0.717, 1.165) is 11.0 Å². The quantitative estimate of drug-likeness (QED) is 0.878. The third kappa shape index (κ3) is 2.24. The van der Waals surface area contributed by atoms with Gasteiger partial charge in [-0.3, -0.25) is 4.21 Å². The van der Waals surface area contributed by atoms with E-state index in [4.69, 9.17) is 17.5 Å². The molecule has 0 aliphatic carbocycles. The van der Waals surface area contributed by atoms with E-state index >= 15 is 0 Å². The zero-order valence-corrected chi connectivity index (χ0v) is 11.8. The number of aromatic nitrogens is 2. The van der Waals surface area contributed by atoms with Crippen LogP contribution in [0.3, 0.4) is 0 Å². The normalized spacial score (nSPS) is 14.3. The number of rotatable bonds is 3. The number of nitrogens with one attached hydrogen (secondary N) is 1. The molecule has 2 unspecified atom stereocenters. The summed E-state index contributed by atoms with van der Waals surface area (Å²) in [5.41, 5.74) is 2.21. The van der Waals surface area contributed by atoms with Crippen LogP contribution in [0.25, 0.3) is 11.0 Å². The van der Waals surface area contributed by atoms with Crippen molar-refractivity contribution >= 4 is 34.1 Å². The van der Waals surface area contributed by atoms with E-state index in [1.807, 2.05) is 23.6 Å². The average Bonchev–Trinajstić information content (AvgIpc) is 2.63. The molecule has 0 fully saturated rings. The van der Waals surface area contributed by atoms with Crippen molar-refractivity contribution in [2.24, 2.45) is 0 Å². The van der Waals surface area contributed by atoms with E-state index in [1.165, 1.54) is 0 Å². The Balaban J connectivity index is 2.66. The van der Waals surface area contributed by atoms with E-state index in [-0.39, 0.29) is 6.04 Å². The second-order valence-electron chi connectivity index (χ2n) is 4.20. The minimum absolute atomic E-state index is 0.0334. The molecule has 94 valence electrons. The van der Waals surface area contributed by atoms with Crippen molar-refractivity contribution in [1.29, 1.82) is 5.26 Å². The molecule has 0 amide bonds. The lowest BCUT2D eigenvalue weighted by molar-refractivity contribution is 0.605. The molecule has 1 aromatic heterocycles. The first kappa shape index (κ1) is 13.0. The fourth-order valence-corrected chi connectivity index (χ4v) is 3.30. The lowest BCUT2D eigenvalue weighted by Crippen LogP contribution is -2.12. The van der Waals surface area contributed by atoms with Crippen LogP contribution in [0.4, 0.5) is 0 Å². The van der Waals surface area contributed by atoms with Crippen LogP contribution < -0.4 is 0 Å². The van der Waals surface area contributed by atoms with E-state index in [0.29, 0.717) is 16.1 Å². The van der Waals surface area contributed by atoms with Crippen molar-refractivity contribution in [1.82, 2.24) is 9.55 Å². The van der Waals surface area contributed by atoms with Crippen molar-refractivity contribution in [3.05, 3.63) is 28.5 Å². The highest BCUT2D eigenvalue weighted by atomic mass is 32.2. The van der Waals surface area contributed by atoms with Gasteiger partial charge in [0.25, 0.3) is 0 Å². The Labute approximate surface area is 113 Å². The van der Waals surface area contributed by atoms with Crippen LogP contribution in [0, 0.1) is 16.1 Å². The molecule has 0 bridgehead atoms. The Bertz CT molecular complexity index is 708. The Morgan fingerprint density at radius 1 is 1.61 bits per heavy atom. The van der Waals surface area contributed by atoms with Crippen LogP contribution in [0.2, 0.25) is 0 Å². The Kier molecular flexibility index (Phi) is 3.64. The maximum atomic E-state index is 11.3. The second-order valence-corrected chi connectivity index (χ2v) is 6.07. The monoisotopic (exact) mass is 279 g/mol. The molecule has 6 heteroatoms. The zero-order valence-electron chi connectivity index (χ0n) is 10.1. The number of fused-ring (bicyclic) bond motifs is 1. The van der Waals surface area contributed by atoms with Crippen molar-refractivity contribution in [3.8, 4) is 6.07 Å². The van der Waals surface area contributed by atoms with Gasteiger partial charge in [-0.05, 0) is 31.3 Å². The molecule has 0 saturated carbocycles. The Morgan fingerprint density at radius 3 is 2.94 bits per heavy atom. The fourth-order valence-electron chi connectivity index (χ4n) is 2.09. The molecule has 0 saturated heterocycles. The Morgan fingerprint density at radius 2 is 2.33 bits per heavy atom. The van der Waals surface area contributed by atoms with Gasteiger partial charge in [-0.1, -0.05) is 6.07 Å². The molecule has 1 heterocycles. The van der Waals surface area contributed by atoms with Crippen LogP contribution in [-0.4, -0.2) is 25.8 Å². The number of nitrogens with zero attached hydrogens (tertiary/aromatic N) is 2. The van der Waals surface area contributed by atoms with Gasteiger partial charge in [0.05, 0.1) is 16.6 Å². The first-order valence-electron chi connectivity index (χ1n) is 5.48. The third-order valence-corrected chi connectivity index (χ3v) is 4.04. The van der Waals surface area contributed by atoms with Crippen molar-refractivity contribution < 1.29 is 4.21 Å². The predicted octanol–water partition coefficient (Wildman–Crippen LogP) is 2.51. The van der Waals surface area contributed by atoms with E-state index in [1.54, 1.807) is 12.3 Å². The number of imidazole rings is 1. The molecule has 18 heavy (non-hydrogen) atoms. The SMILES string of the molecule is CC(CS(C)=O)n1c(=S)[nH]c2c(C#N)cccc21. The van der Waals surface area contributed by atoms with Gasteiger partial charge in [0, 0.05) is 28.9 Å². The van der Waals surface area contributed by atoms with Gasteiger partial charge in [-0.2, -0.15) is 5.26 Å². The molecule has 2 atom stereocenters. The number of hydrogen-bond acceptors (Lipinski definition) is 3. The lowest BCUT2D eigenvalue weighted by atomic mass is 10.2. The molecule has 0 aliphatic heterocycles. The number of para-hydroxylation sites is 1. The smallest absolute Gasteiger partial charge is 0.178 e. The molecule has 2 rings (SSSR count). The first-order valence-corrected chi connectivity index (χ1v) is 7.61. The number of benzene rings is 1. The first-order chi connectivity index (χ1) is 8.54. The summed E-state index contributed by atoms with van der Waals surface area (Å²) < 4.78 is 13.8. The van der Waals surface area contributed by atoms with Gasteiger partial charge in [0.1, 0.15) is 6.07 Å². The van der Waals surface area contributed by atoms with Crippen LogP contribution in [0.15, 0.2) is 18.2 Å². The largest absolute Gasteiger partial charge is 0.329 e. The summed E-state index contributed by atoms with van der Waals surface area (Å²) in [5, 5.41) is 9.06. The molecule has 0 spiro atoms. The van der Waals surface area contributed by atoms with Crippen LogP contribution in [0.1, 0.15) is 18.5 Å². The molecule has 1 N–H and O–H groups in total. The highest BCUT2D eigenvalue weighted by Gasteiger charge is 2.14. The van der Waals surface area contributed by atoms with Crippen LogP contribution >= 0.6 is 12.2 Å². The molecule has 0 radical (unpaired) electrons. The van der Waals surface area contributed by atoms with Crippen molar-refractivity contribution in [3.63, 3.8) is 0 Å². The zero-order chi connectivity index (χ0) is 13.3. The van der Waals surface area contributed by atoms with Crippen molar-refractivity contribution in [2.45, 2.75) is 13.0 Å². The predicted molar refractivity (Wildman–Crippen MR) is 75.5 cm³/mol. The number of nitriles is 1. The van der Waals surface area contributed by atoms with Crippen LogP contribution in [-0.2, 0) is 10.8 Å². The third-order valence-electron chi connectivity index (χ3n) is 2.79. The summed E-state index contributed by atoms with van der Waals surface area (Å²) in [5.74, 6) is 0.540. The second kappa shape index (κ2) is 5.04. The molecule has 1 aromatic carbocycles. The average molecular weight is 279 g/mol. The van der Waals surface area contributed by atoms with Crippen molar-refractivity contribution in [2.75, 3.05) is 12.0 Å². The number of hydrogen-bond donors (Lipinski definition) is 1. The van der Waals surface area contributed by atoms with E-state index in [2.05, 4.69) is 11.1 Å². The standard InChI is InChI=1S/C12H13N3OS2/c1-8(7-18(2)16)15-10-5-3-4-9(6-13)11(10)14-12(15)17/h3-5,8H,7H2,1-2H3,(H,14,17). The summed E-state index contributed by atoms with van der Waals surface area (Å²) in [7, 11) is -0.885. The fraction of sp³-hybridized carbons (Fsp3) is 0.333. The molecule has 4 nitrogen and oxygen atoms in total. The molecular formula is C12H13N3OS2. The van der Waals surface area contributed by atoms with Gasteiger partial charge in [0.2, 0.25) is 0 Å². The summed E-state index contributed by atoms with van der Waals surface area (Å²) in [6, 6.07) is 7.67. The van der Waals surface area contributed by atoms with Gasteiger partial charge in [-0.25, -0.2) is 0 Å². The summed E-state index contributed by atoms with van der Waals surface area (Å²) in [4.78, 5) is 3.06. The maximum Gasteiger partial charge on any atom is 0.178 e.